The van der Waals surface area contributed by atoms with Gasteiger partial charge in [0.2, 0.25) is 5.89 Å². The van der Waals surface area contributed by atoms with Crippen LogP contribution in [0, 0.1) is 0 Å². The van der Waals surface area contributed by atoms with E-state index in [0.717, 1.165) is 18.8 Å². The quantitative estimate of drug-likeness (QED) is 0.706. The minimum absolute atomic E-state index is 0.337. The van der Waals surface area contributed by atoms with Gasteiger partial charge in [-0.25, -0.2) is 0 Å². The average molecular weight is 183 g/mol. The van der Waals surface area contributed by atoms with Crippen molar-refractivity contribution >= 4 is 0 Å². The topological polar surface area (TPSA) is 51.0 Å². The predicted octanol–water partition coefficient (Wildman–Crippen LogP) is 1.69. The van der Waals surface area contributed by atoms with E-state index in [9.17, 15) is 0 Å². The van der Waals surface area contributed by atoms with Crippen molar-refractivity contribution in [3.05, 3.63) is 11.7 Å². The molecule has 1 rings (SSSR count). The van der Waals surface area contributed by atoms with Crippen LogP contribution in [-0.2, 0) is 6.54 Å². The molecule has 1 aromatic heterocycles. The number of nitrogens with zero attached hydrogens (tertiary/aromatic N) is 2. The van der Waals surface area contributed by atoms with Gasteiger partial charge >= 0.3 is 0 Å². The summed E-state index contributed by atoms with van der Waals surface area (Å²) in [5.74, 6) is 1.80. The van der Waals surface area contributed by atoms with Crippen molar-refractivity contribution < 1.29 is 4.52 Å². The third-order valence-electron chi connectivity index (χ3n) is 1.70. The second-order valence-corrected chi connectivity index (χ2v) is 3.38. The van der Waals surface area contributed by atoms with Crippen LogP contribution >= 0.6 is 0 Å². The van der Waals surface area contributed by atoms with Crippen LogP contribution in [0.25, 0.3) is 0 Å². The summed E-state index contributed by atoms with van der Waals surface area (Å²) in [6.45, 7) is 7.88. The zero-order valence-corrected chi connectivity index (χ0v) is 8.50. The molecule has 0 fully saturated rings. The molecule has 0 aromatic carbocycles. The molecule has 0 saturated heterocycles. The van der Waals surface area contributed by atoms with Gasteiger partial charge in [0, 0.05) is 5.92 Å². The van der Waals surface area contributed by atoms with Gasteiger partial charge in [-0.1, -0.05) is 25.9 Å². The number of rotatable bonds is 5. The lowest BCUT2D eigenvalue weighted by Gasteiger charge is -1.96. The van der Waals surface area contributed by atoms with Crippen molar-refractivity contribution in [2.45, 2.75) is 39.7 Å². The van der Waals surface area contributed by atoms with Gasteiger partial charge in [0.25, 0.3) is 0 Å². The summed E-state index contributed by atoms with van der Waals surface area (Å²) in [5, 5.41) is 7.08. The number of hydrogen-bond acceptors (Lipinski definition) is 4. The minimum atomic E-state index is 0.337. The van der Waals surface area contributed by atoms with Crippen molar-refractivity contribution in [1.82, 2.24) is 15.5 Å². The Morgan fingerprint density at radius 2 is 2.23 bits per heavy atom. The third kappa shape index (κ3) is 3.14. The molecule has 4 nitrogen and oxygen atoms in total. The van der Waals surface area contributed by atoms with Gasteiger partial charge < -0.3 is 9.84 Å². The standard InChI is InChI=1S/C9H17N3O/c1-4-5-10-6-8-11-9(7(2)3)12-13-8/h7,10H,4-6H2,1-3H3. The van der Waals surface area contributed by atoms with Gasteiger partial charge in [-0.05, 0) is 13.0 Å². The highest BCUT2D eigenvalue weighted by Gasteiger charge is 2.08. The van der Waals surface area contributed by atoms with E-state index in [1.807, 2.05) is 13.8 Å². The lowest BCUT2D eigenvalue weighted by atomic mass is 10.2. The first-order chi connectivity index (χ1) is 6.24. The van der Waals surface area contributed by atoms with E-state index < -0.39 is 0 Å². The van der Waals surface area contributed by atoms with E-state index in [1.165, 1.54) is 0 Å². The number of nitrogens with one attached hydrogen (secondary N) is 1. The van der Waals surface area contributed by atoms with E-state index in [0.29, 0.717) is 18.4 Å². The second-order valence-electron chi connectivity index (χ2n) is 3.38. The Bertz CT molecular complexity index is 245. The van der Waals surface area contributed by atoms with E-state index in [4.69, 9.17) is 4.52 Å². The highest BCUT2D eigenvalue weighted by molar-refractivity contribution is 4.91. The maximum atomic E-state index is 5.05. The van der Waals surface area contributed by atoms with Crippen LogP contribution in [0.1, 0.15) is 44.8 Å². The molecule has 4 heteroatoms. The Labute approximate surface area is 78.7 Å². The van der Waals surface area contributed by atoms with Crippen LogP contribution in [0.3, 0.4) is 0 Å². The fourth-order valence-electron chi connectivity index (χ4n) is 0.946. The van der Waals surface area contributed by atoms with Gasteiger partial charge in [-0.15, -0.1) is 0 Å². The van der Waals surface area contributed by atoms with E-state index in [-0.39, 0.29) is 0 Å². The summed E-state index contributed by atoms with van der Waals surface area (Å²) in [5.41, 5.74) is 0. The van der Waals surface area contributed by atoms with Gasteiger partial charge in [0.15, 0.2) is 5.82 Å². The van der Waals surface area contributed by atoms with Crippen molar-refractivity contribution in [2.75, 3.05) is 6.54 Å². The molecule has 1 heterocycles. The number of aromatic nitrogens is 2. The first-order valence-corrected chi connectivity index (χ1v) is 4.77. The van der Waals surface area contributed by atoms with Gasteiger partial charge in [0.05, 0.1) is 6.54 Å². The maximum absolute atomic E-state index is 5.05. The van der Waals surface area contributed by atoms with Crippen LogP contribution in [0.15, 0.2) is 4.52 Å². The Morgan fingerprint density at radius 1 is 1.46 bits per heavy atom. The average Bonchev–Trinajstić information content (AvgIpc) is 2.53. The molecule has 0 unspecified atom stereocenters. The zero-order valence-electron chi connectivity index (χ0n) is 8.50. The summed E-state index contributed by atoms with van der Waals surface area (Å²) < 4.78 is 5.05. The van der Waals surface area contributed by atoms with Gasteiger partial charge in [-0.3, -0.25) is 0 Å². The molecule has 0 saturated carbocycles. The van der Waals surface area contributed by atoms with Crippen molar-refractivity contribution in [3.63, 3.8) is 0 Å². The summed E-state index contributed by atoms with van der Waals surface area (Å²) in [7, 11) is 0. The smallest absolute Gasteiger partial charge is 0.240 e. The molecule has 0 bridgehead atoms. The molecule has 0 atom stereocenters. The number of hydrogen-bond donors (Lipinski definition) is 1. The molecular formula is C9H17N3O. The normalized spacial score (nSPS) is 11.1. The van der Waals surface area contributed by atoms with Crippen molar-refractivity contribution in [2.24, 2.45) is 0 Å². The summed E-state index contributed by atoms with van der Waals surface area (Å²) >= 11 is 0. The van der Waals surface area contributed by atoms with E-state index in [2.05, 4.69) is 22.4 Å². The van der Waals surface area contributed by atoms with Crippen LogP contribution in [0.5, 0.6) is 0 Å². The third-order valence-corrected chi connectivity index (χ3v) is 1.70. The van der Waals surface area contributed by atoms with Crippen molar-refractivity contribution in [3.8, 4) is 0 Å². The molecule has 0 spiro atoms. The minimum Gasteiger partial charge on any atom is -0.338 e. The zero-order chi connectivity index (χ0) is 9.68. The van der Waals surface area contributed by atoms with Crippen molar-refractivity contribution in [1.29, 1.82) is 0 Å². The Kier molecular flexibility index (Phi) is 3.89. The Balaban J connectivity index is 2.40. The molecule has 0 aliphatic carbocycles. The SMILES string of the molecule is CCCNCc1nc(C(C)C)no1. The highest BCUT2D eigenvalue weighted by atomic mass is 16.5. The molecule has 0 aliphatic rings. The fraction of sp³-hybridized carbons (Fsp3) is 0.778. The first kappa shape index (κ1) is 10.2. The molecule has 1 aromatic rings. The highest BCUT2D eigenvalue weighted by Crippen LogP contribution is 2.08. The monoisotopic (exact) mass is 183 g/mol. The second kappa shape index (κ2) is 4.97. The molecule has 0 amide bonds. The summed E-state index contributed by atoms with van der Waals surface area (Å²) in [6, 6.07) is 0. The first-order valence-electron chi connectivity index (χ1n) is 4.77. The lowest BCUT2D eigenvalue weighted by Crippen LogP contribution is -2.13. The van der Waals surface area contributed by atoms with E-state index >= 15 is 0 Å². The van der Waals surface area contributed by atoms with Gasteiger partial charge in [-0.2, -0.15) is 4.98 Å². The van der Waals surface area contributed by atoms with Crippen LogP contribution in [0.2, 0.25) is 0 Å². The lowest BCUT2D eigenvalue weighted by molar-refractivity contribution is 0.361. The van der Waals surface area contributed by atoms with E-state index in [1.54, 1.807) is 0 Å². The Morgan fingerprint density at radius 3 is 2.77 bits per heavy atom. The largest absolute Gasteiger partial charge is 0.338 e. The maximum Gasteiger partial charge on any atom is 0.240 e. The summed E-state index contributed by atoms with van der Waals surface area (Å²) in [6.07, 6.45) is 1.12. The Hall–Kier alpha value is -0.900. The molecule has 13 heavy (non-hydrogen) atoms. The molecule has 0 radical (unpaired) electrons. The molecular weight excluding hydrogens is 166 g/mol. The summed E-state index contributed by atoms with van der Waals surface area (Å²) in [4.78, 5) is 4.24. The molecule has 1 N–H and O–H groups in total. The predicted molar refractivity (Wildman–Crippen MR) is 50.4 cm³/mol. The van der Waals surface area contributed by atoms with Crippen LogP contribution in [-0.4, -0.2) is 16.7 Å². The molecule has 0 aliphatic heterocycles. The fourth-order valence-corrected chi connectivity index (χ4v) is 0.946. The molecule has 74 valence electrons. The van der Waals surface area contributed by atoms with Gasteiger partial charge in [0.1, 0.15) is 0 Å². The van der Waals surface area contributed by atoms with Crippen LogP contribution in [0.4, 0.5) is 0 Å². The van der Waals surface area contributed by atoms with Crippen LogP contribution < -0.4 is 5.32 Å².